The van der Waals surface area contributed by atoms with E-state index in [-0.39, 0.29) is 24.0 Å². The van der Waals surface area contributed by atoms with Crippen LogP contribution in [0, 0.1) is 12.7 Å². The quantitative estimate of drug-likeness (QED) is 0.654. The van der Waals surface area contributed by atoms with Gasteiger partial charge in [-0.2, -0.15) is 0 Å². The van der Waals surface area contributed by atoms with Gasteiger partial charge in [0.15, 0.2) is 0 Å². The minimum atomic E-state index is -1.04. The van der Waals surface area contributed by atoms with E-state index in [0.29, 0.717) is 57.8 Å². The molecule has 0 aromatic heterocycles. The van der Waals surface area contributed by atoms with Crippen molar-refractivity contribution in [3.05, 3.63) is 71.0 Å². The highest BCUT2D eigenvalue weighted by atomic mass is 19.1. The summed E-state index contributed by atoms with van der Waals surface area (Å²) in [6.07, 6.45) is 0.719. The molecule has 3 heterocycles. The molecule has 9 heteroatoms. The molecule has 190 valence electrons. The van der Waals surface area contributed by atoms with Gasteiger partial charge >= 0.3 is 0 Å². The van der Waals surface area contributed by atoms with Gasteiger partial charge in [0.05, 0.1) is 19.8 Å². The van der Waals surface area contributed by atoms with Gasteiger partial charge in [-0.3, -0.25) is 19.3 Å². The zero-order valence-electron chi connectivity index (χ0n) is 20.3. The maximum atomic E-state index is 14.0. The van der Waals surface area contributed by atoms with Crippen molar-refractivity contribution in [3.8, 4) is 0 Å². The highest BCUT2D eigenvalue weighted by Gasteiger charge is 2.55. The predicted molar refractivity (Wildman–Crippen MR) is 129 cm³/mol. The first-order valence-corrected chi connectivity index (χ1v) is 12.3. The molecular formula is C27H30FN3O5. The number of piperidine rings is 1. The van der Waals surface area contributed by atoms with Crippen molar-refractivity contribution in [1.82, 2.24) is 14.7 Å². The van der Waals surface area contributed by atoms with Crippen molar-refractivity contribution in [2.75, 3.05) is 46.0 Å². The Bertz CT molecular complexity index is 1160. The molecule has 1 spiro atoms. The number of carbonyl (C=O) groups is 3. The molecule has 2 aromatic rings. The topological polar surface area (TPSA) is 79.4 Å². The smallest absolute Gasteiger partial charge is 0.256 e. The highest BCUT2D eigenvalue weighted by molar-refractivity contribution is 5.99. The molecule has 3 fully saturated rings. The summed E-state index contributed by atoms with van der Waals surface area (Å²) in [4.78, 5) is 45.4. The van der Waals surface area contributed by atoms with E-state index in [9.17, 15) is 18.8 Å². The Morgan fingerprint density at radius 1 is 0.917 bits per heavy atom. The average Bonchev–Trinajstić information content (AvgIpc) is 3.27. The van der Waals surface area contributed by atoms with Crippen LogP contribution in [0.1, 0.15) is 39.1 Å². The normalized spacial score (nSPS) is 21.6. The third-order valence-electron chi connectivity index (χ3n) is 7.37. The van der Waals surface area contributed by atoms with E-state index in [0.717, 1.165) is 5.56 Å². The van der Waals surface area contributed by atoms with Crippen molar-refractivity contribution >= 4 is 17.7 Å². The Morgan fingerprint density at radius 3 is 2.33 bits per heavy atom. The molecule has 36 heavy (non-hydrogen) atoms. The number of rotatable bonds is 3. The third-order valence-corrected chi connectivity index (χ3v) is 7.37. The molecule has 3 aliphatic rings. The summed E-state index contributed by atoms with van der Waals surface area (Å²) < 4.78 is 25.6. The first kappa shape index (κ1) is 24.4. The van der Waals surface area contributed by atoms with Gasteiger partial charge in [-0.05, 0) is 36.8 Å². The molecule has 0 aliphatic carbocycles. The van der Waals surface area contributed by atoms with E-state index in [2.05, 4.69) is 0 Å². The Balaban J connectivity index is 1.40. The summed E-state index contributed by atoms with van der Waals surface area (Å²) >= 11 is 0. The standard InChI is InChI=1S/C27H30FN3O5/c1-19-5-2-3-8-22(19)25(33)29-11-9-27(10-12-29)31(24(32)20-6-4-7-21(28)17-20)23(18-36-27)26(34)30-13-15-35-16-14-30/h2-8,17,23H,9-16,18H2,1H3/t23-/m1/s1. The Hall–Kier alpha value is -3.30. The molecule has 0 bridgehead atoms. The number of nitrogens with zero attached hydrogens (tertiary/aromatic N) is 3. The summed E-state index contributed by atoms with van der Waals surface area (Å²) in [5, 5.41) is 0. The highest BCUT2D eigenvalue weighted by Crippen LogP contribution is 2.39. The summed E-state index contributed by atoms with van der Waals surface area (Å²) in [6.45, 7) is 4.49. The molecule has 0 saturated carbocycles. The maximum absolute atomic E-state index is 14.0. The van der Waals surface area contributed by atoms with Crippen LogP contribution in [0.15, 0.2) is 48.5 Å². The first-order chi connectivity index (χ1) is 17.4. The van der Waals surface area contributed by atoms with Gasteiger partial charge in [0.25, 0.3) is 11.8 Å². The second kappa shape index (κ2) is 9.99. The zero-order chi connectivity index (χ0) is 25.3. The van der Waals surface area contributed by atoms with E-state index < -0.39 is 23.5 Å². The third kappa shape index (κ3) is 4.49. The second-order valence-corrected chi connectivity index (χ2v) is 9.50. The molecule has 8 nitrogen and oxygen atoms in total. The van der Waals surface area contributed by atoms with Crippen LogP contribution in [0.5, 0.6) is 0 Å². The number of hydrogen-bond acceptors (Lipinski definition) is 5. The zero-order valence-corrected chi connectivity index (χ0v) is 20.3. The lowest BCUT2D eigenvalue weighted by atomic mass is 9.95. The van der Waals surface area contributed by atoms with Crippen molar-refractivity contribution in [2.24, 2.45) is 0 Å². The molecule has 3 aliphatic heterocycles. The fourth-order valence-corrected chi connectivity index (χ4v) is 5.35. The number of amides is 3. The lowest BCUT2D eigenvalue weighted by Crippen LogP contribution is -2.60. The molecule has 0 radical (unpaired) electrons. The Morgan fingerprint density at radius 2 is 1.64 bits per heavy atom. The van der Waals surface area contributed by atoms with Gasteiger partial charge in [-0.1, -0.05) is 24.3 Å². The van der Waals surface area contributed by atoms with Crippen LogP contribution in [0.4, 0.5) is 4.39 Å². The summed E-state index contributed by atoms with van der Waals surface area (Å²) in [7, 11) is 0. The van der Waals surface area contributed by atoms with E-state index in [1.54, 1.807) is 15.9 Å². The summed E-state index contributed by atoms with van der Waals surface area (Å²) in [5.74, 6) is -1.23. The first-order valence-electron chi connectivity index (χ1n) is 12.3. The fraction of sp³-hybridized carbons (Fsp3) is 0.444. The van der Waals surface area contributed by atoms with Crippen LogP contribution < -0.4 is 0 Å². The van der Waals surface area contributed by atoms with E-state index in [1.807, 2.05) is 31.2 Å². The number of hydrogen-bond donors (Lipinski definition) is 0. The summed E-state index contributed by atoms with van der Waals surface area (Å²) in [5.41, 5.74) is 0.671. The molecule has 0 unspecified atom stereocenters. The number of aryl methyl sites for hydroxylation is 1. The van der Waals surface area contributed by atoms with Gasteiger partial charge in [-0.15, -0.1) is 0 Å². The molecule has 2 aromatic carbocycles. The van der Waals surface area contributed by atoms with Gasteiger partial charge in [-0.25, -0.2) is 4.39 Å². The van der Waals surface area contributed by atoms with E-state index in [1.165, 1.54) is 23.1 Å². The van der Waals surface area contributed by atoms with E-state index >= 15 is 0 Å². The van der Waals surface area contributed by atoms with Crippen molar-refractivity contribution in [2.45, 2.75) is 31.5 Å². The van der Waals surface area contributed by atoms with Crippen LogP contribution in [-0.2, 0) is 14.3 Å². The molecular weight excluding hydrogens is 465 g/mol. The molecule has 1 atom stereocenters. The lowest BCUT2D eigenvalue weighted by Gasteiger charge is -2.45. The Labute approximate surface area is 209 Å². The molecule has 0 N–H and O–H groups in total. The van der Waals surface area contributed by atoms with Gasteiger partial charge < -0.3 is 19.3 Å². The van der Waals surface area contributed by atoms with Crippen LogP contribution >= 0.6 is 0 Å². The minimum absolute atomic E-state index is 0.0585. The SMILES string of the molecule is Cc1ccccc1C(=O)N1CCC2(CC1)OC[C@H](C(=O)N1CCOCC1)N2C(=O)c1cccc(F)c1. The van der Waals surface area contributed by atoms with Crippen molar-refractivity contribution in [1.29, 1.82) is 0 Å². The van der Waals surface area contributed by atoms with E-state index in [4.69, 9.17) is 9.47 Å². The van der Waals surface area contributed by atoms with Gasteiger partial charge in [0, 0.05) is 50.1 Å². The minimum Gasteiger partial charge on any atom is -0.378 e. The number of ether oxygens (including phenoxy) is 2. The summed E-state index contributed by atoms with van der Waals surface area (Å²) in [6, 6.07) is 12.1. The lowest BCUT2D eigenvalue weighted by molar-refractivity contribution is -0.141. The number of benzene rings is 2. The van der Waals surface area contributed by atoms with Gasteiger partial charge in [0.2, 0.25) is 5.91 Å². The molecule has 5 rings (SSSR count). The largest absolute Gasteiger partial charge is 0.378 e. The monoisotopic (exact) mass is 495 g/mol. The molecule has 3 saturated heterocycles. The van der Waals surface area contributed by atoms with Crippen LogP contribution in [0.3, 0.4) is 0 Å². The number of carbonyl (C=O) groups excluding carboxylic acids is 3. The predicted octanol–water partition coefficient (Wildman–Crippen LogP) is 2.47. The van der Waals surface area contributed by atoms with Crippen molar-refractivity contribution in [3.63, 3.8) is 0 Å². The van der Waals surface area contributed by atoms with Crippen molar-refractivity contribution < 1.29 is 28.2 Å². The van der Waals surface area contributed by atoms with Crippen LogP contribution in [0.25, 0.3) is 0 Å². The number of morpholine rings is 1. The fourth-order valence-electron chi connectivity index (χ4n) is 5.35. The second-order valence-electron chi connectivity index (χ2n) is 9.50. The number of likely N-dealkylation sites (tertiary alicyclic amines) is 1. The maximum Gasteiger partial charge on any atom is 0.256 e. The van der Waals surface area contributed by atoms with Crippen LogP contribution in [0.2, 0.25) is 0 Å². The number of halogens is 1. The Kier molecular flexibility index (Phi) is 6.77. The van der Waals surface area contributed by atoms with Gasteiger partial charge in [0.1, 0.15) is 17.6 Å². The molecule has 3 amide bonds. The van der Waals surface area contributed by atoms with Crippen LogP contribution in [-0.4, -0.2) is 90.2 Å². The average molecular weight is 496 g/mol.